The van der Waals surface area contributed by atoms with Crippen LogP contribution in [0.1, 0.15) is 6.92 Å². The fraction of sp³-hybridized carbons (Fsp3) is 0.278. The number of carbonyl (C=O) groups is 1. The van der Waals surface area contributed by atoms with Crippen LogP contribution in [0.15, 0.2) is 53.4 Å². The second-order valence-electron chi connectivity index (χ2n) is 6.02. The SMILES string of the molecule is CC(=O)Nc1ccccc1S(=O)(=O)N1CCN(c2ccccc2F)CC1. The molecule has 2 aromatic carbocycles. The van der Waals surface area contributed by atoms with Gasteiger partial charge in [0.25, 0.3) is 0 Å². The standard InChI is InChI=1S/C18H20FN3O3S/c1-14(23)20-16-7-3-5-9-18(16)26(24,25)22-12-10-21(11-13-22)17-8-4-2-6-15(17)19/h2-9H,10-13H2,1H3,(H,20,23). The van der Waals surface area contributed by atoms with Crippen LogP contribution in [-0.2, 0) is 14.8 Å². The maximum absolute atomic E-state index is 13.9. The molecule has 0 atom stereocenters. The lowest BCUT2D eigenvalue weighted by Gasteiger charge is -2.35. The molecule has 1 aliphatic heterocycles. The Labute approximate surface area is 152 Å². The number of sulfonamides is 1. The smallest absolute Gasteiger partial charge is 0.245 e. The number of carbonyl (C=O) groups excluding carboxylic acids is 1. The molecule has 0 radical (unpaired) electrons. The van der Waals surface area contributed by atoms with E-state index in [9.17, 15) is 17.6 Å². The van der Waals surface area contributed by atoms with Crippen molar-refractivity contribution < 1.29 is 17.6 Å². The summed E-state index contributed by atoms with van der Waals surface area (Å²) in [7, 11) is -3.76. The van der Waals surface area contributed by atoms with E-state index in [2.05, 4.69) is 5.32 Å². The quantitative estimate of drug-likeness (QED) is 0.888. The highest BCUT2D eigenvalue weighted by molar-refractivity contribution is 7.89. The lowest BCUT2D eigenvalue weighted by molar-refractivity contribution is -0.114. The van der Waals surface area contributed by atoms with Crippen molar-refractivity contribution in [2.24, 2.45) is 0 Å². The molecular weight excluding hydrogens is 357 g/mol. The van der Waals surface area contributed by atoms with Gasteiger partial charge >= 0.3 is 0 Å². The Morgan fingerprint density at radius 2 is 1.62 bits per heavy atom. The molecule has 1 amide bonds. The lowest BCUT2D eigenvalue weighted by Crippen LogP contribution is -2.49. The van der Waals surface area contributed by atoms with Gasteiger partial charge < -0.3 is 10.2 Å². The van der Waals surface area contributed by atoms with E-state index < -0.39 is 10.0 Å². The predicted molar refractivity (Wildman–Crippen MR) is 98.1 cm³/mol. The van der Waals surface area contributed by atoms with Crippen LogP contribution in [0.3, 0.4) is 0 Å². The minimum Gasteiger partial charge on any atom is -0.367 e. The third-order valence-electron chi connectivity index (χ3n) is 4.25. The van der Waals surface area contributed by atoms with Crippen molar-refractivity contribution in [1.82, 2.24) is 4.31 Å². The van der Waals surface area contributed by atoms with Crippen LogP contribution in [0.5, 0.6) is 0 Å². The minimum atomic E-state index is -3.76. The van der Waals surface area contributed by atoms with E-state index in [-0.39, 0.29) is 35.4 Å². The zero-order valence-electron chi connectivity index (χ0n) is 14.4. The fourth-order valence-electron chi connectivity index (χ4n) is 3.00. The van der Waals surface area contributed by atoms with Gasteiger partial charge in [0.1, 0.15) is 10.7 Å². The summed E-state index contributed by atoms with van der Waals surface area (Å²) in [5.41, 5.74) is 0.736. The third kappa shape index (κ3) is 3.71. The first-order chi connectivity index (χ1) is 12.4. The number of anilines is 2. The Hall–Kier alpha value is -2.45. The van der Waals surface area contributed by atoms with E-state index in [0.717, 1.165) is 0 Å². The highest BCUT2D eigenvalue weighted by Crippen LogP contribution is 2.27. The van der Waals surface area contributed by atoms with Crippen molar-refractivity contribution >= 4 is 27.3 Å². The molecule has 2 aromatic rings. The fourth-order valence-corrected chi connectivity index (χ4v) is 4.57. The van der Waals surface area contributed by atoms with Crippen molar-refractivity contribution in [1.29, 1.82) is 0 Å². The average Bonchev–Trinajstić information content (AvgIpc) is 2.62. The summed E-state index contributed by atoms with van der Waals surface area (Å²) in [5, 5.41) is 2.56. The lowest BCUT2D eigenvalue weighted by atomic mass is 10.2. The first kappa shape index (κ1) is 18.3. The van der Waals surface area contributed by atoms with Crippen LogP contribution in [0.25, 0.3) is 0 Å². The van der Waals surface area contributed by atoms with Crippen molar-refractivity contribution in [3.05, 3.63) is 54.3 Å². The monoisotopic (exact) mass is 377 g/mol. The molecule has 0 saturated carbocycles. The van der Waals surface area contributed by atoms with Gasteiger partial charge in [0, 0.05) is 33.1 Å². The second-order valence-corrected chi connectivity index (χ2v) is 7.93. The highest BCUT2D eigenvalue weighted by Gasteiger charge is 2.31. The summed E-state index contributed by atoms with van der Waals surface area (Å²) in [6.07, 6.45) is 0. The van der Waals surface area contributed by atoms with Gasteiger partial charge in [-0.2, -0.15) is 4.31 Å². The van der Waals surface area contributed by atoms with E-state index in [0.29, 0.717) is 18.8 Å². The molecule has 1 saturated heterocycles. The number of rotatable bonds is 4. The molecule has 1 N–H and O–H groups in total. The minimum absolute atomic E-state index is 0.0644. The molecule has 0 spiro atoms. The third-order valence-corrected chi connectivity index (χ3v) is 6.20. The normalized spacial score (nSPS) is 15.7. The summed E-state index contributed by atoms with van der Waals surface area (Å²) in [5.74, 6) is -0.656. The molecule has 8 heteroatoms. The Morgan fingerprint density at radius 1 is 1.00 bits per heavy atom. The van der Waals surface area contributed by atoms with Crippen molar-refractivity contribution in [3.8, 4) is 0 Å². The number of halogens is 1. The number of benzene rings is 2. The van der Waals surface area contributed by atoms with Gasteiger partial charge in [0.2, 0.25) is 15.9 Å². The number of para-hydroxylation sites is 2. The molecule has 1 aliphatic rings. The van der Waals surface area contributed by atoms with Crippen molar-refractivity contribution in [3.63, 3.8) is 0 Å². The van der Waals surface area contributed by atoms with Crippen LogP contribution in [-0.4, -0.2) is 44.8 Å². The number of hydrogen-bond donors (Lipinski definition) is 1. The Morgan fingerprint density at radius 3 is 2.27 bits per heavy atom. The summed E-state index contributed by atoms with van der Waals surface area (Å²) >= 11 is 0. The largest absolute Gasteiger partial charge is 0.367 e. The number of nitrogens with one attached hydrogen (secondary N) is 1. The van der Waals surface area contributed by atoms with Crippen LogP contribution >= 0.6 is 0 Å². The zero-order valence-corrected chi connectivity index (χ0v) is 15.2. The van der Waals surface area contributed by atoms with Crippen molar-refractivity contribution in [2.75, 3.05) is 36.4 Å². The second kappa shape index (κ2) is 7.43. The summed E-state index contributed by atoms with van der Waals surface area (Å²) in [4.78, 5) is 13.2. The van der Waals surface area contributed by atoms with Gasteiger partial charge in [0.15, 0.2) is 0 Å². The first-order valence-corrected chi connectivity index (χ1v) is 9.70. The van der Waals surface area contributed by atoms with Gasteiger partial charge in [-0.1, -0.05) is 24.3 Å². The van der Waals surface area contributed by atoms with Gasteiger partial charge in [-0.25, -0.2) is 12.8 Å². The summed E-state index contributed by atoms with van der Waals surface area (Å²) < 4.78 is 41.3. The predicted octanol–water partition coefficient (Wildman–Crippen LogP) is 2.29. The molecule has 0 aromatic heterocycles. The Bertz CT molecular complexity index is 909. The molecule has 1 heterocycles. The van der Waals surface area contributed by atoms with Crippen LogP contribution in [0, 0.1) is 5.82 Å². The highest BCUT2D eigenvalue weighted by atomic mass is 32.2. The van der Waals surface area contributed by atoms with Crippen LogP contribution in [0.4, 0.5) is 15.8 Å². The number of piperazine rings is 1. The molecule has 1 fully saturated rings. The summed E-state index contributed by atoms with van der Waals surface area (Å²) in [6.45, 7) is 2.59. The van der Waals surface area contributed by atoms with Crippen LogP contribution in [0.2, 0.25) is 0 Å². The molecule has 0 unspecified atom stereocenters. The van der Waals surface area contributed by atoms with Gasteiger partial charge in [-0.05, 0) is 24.3 Å². The number of hydrogen-bond acceptors (Lipinski definition) is 4. The van der Waals surface area contributed by atoms with Gasteiger partial charge in [0.05, 0.1) is 11.4 Å². The molecule has 26 heavy (non-hydrogen) atoms. The molecule has 3 rings (SSSR count). The van der Waals surface area contributed by atoms with Gasteiger partial charge in [-0.15, -0.1) is 0 Å². The average molecular weight is 377 g/mol. The Kier molecular flexibility index (Phi) is 5.24. The van der Waals surface area contributed by atoms with Crippen LogP contribution < -0.4 is 10.2 Å². The molecule has 138 valence electrons. The summed E-state index contributed by atoms with van der Waals surface area (Å²) in [6, 6.07) is 12.8. The van der Waals surface area contributed by atoms with Gasteiger partial charge in [-0.3, -0.25) is 4.79 Å². The van der Waals surface area contributed by atoms with E-state index in [1.165, 1.54) is 23.4 Å². The molecule has 0 aliphatic carbocycles. The van der Waals surface area contributed by atoms with E-state index in [4.69, 9.17) is 0 Å². The van der Waals surface area contributed by atoms with E-state index in [1.54, 1.807) is 36.4 Å². The molecular formula is C18H20FN3O3S. The van der Waals surface area contributed by atoms with E-state index >= 15 is 0 Å². The molecule has 0 bridgehead atoms. The maximum atomic E-state index is 13.9. The molecule has 6 nitrogen and oxygen atoms in total. The number of nitrogens with zero attached hydrogens (tertiary/aromatic N) is 2. The Balaban J connectivity index is 1.79. The maximum Gasteiger partial charge on any atom is 0.245 e. The number of amides is 1. The topological polar surface area (TPSA) is 69.7 Å². The zero-order chi connectivity index (χ0) is 18.7. The van der Waals surface area contributed by atoms with E-state index in [1.807, 2.05) is 4.90 Å². The first-order valence-electron chi connectivity index (χ1n) is 8.26. The van der Waals surface area contributed by atoms with Crippen molar-refractivity contribution in [2.45, 2.75) is 11.8 Å².